The summed E-state index contributed by atoms with van der Waals surface area (Å²) in [6, 6.07) is 8.34. The molecule has 2 atom stereocenters. The minimum Gasteiger partial charge on any atom is -0.282 e. The number of hydrazine groups is 1. The summed E-state index contributed by atoms with van der Waals surface area (Å²) in [5, 5.41) is 0. The zero-order chi connectivity index (χ0) is 15.7. The van der Waals surface area contributed by atoms with Gasteiger partial charge in [-0.25, -0.2) is 14.4 Å². The molecule has 3 rings (SSSR count). The third-order valence-electron chi connectivity index (χ3n) is 3.71. The van der Waals surface area contributed by atoms with E-state index in [1.54, 1.807) is 31.2 Å². The number of amides is 1. The standard InChI is InChI=1S/C16H17FN4O/c1-9-7-15(19-10(2)18-9)20-21-16(22)13-8-12(13)11-5-3-4-6-14(11)17/h3-7,12-13H,8H2,1-2H3,(H,21,22)(H,18,19,20)/t12-,13+/m0/s1. The minimum atomic E-state index is -0.252. The van der Waals surface area contributed by atoms with Crippen molar-refractivity contribution in [2.75, 3.05) is 5.43 Å². The summed E-state index contributed by atoms with van der Waals surface area (Å²) in [5.41, 5.74) is 6.85. The first-order valence-electron chi connectivity index (χ1n) is 7.17. The molecule has 22 heavy (non-hydrogen) atoms. The molecule has 1 amide bonds. The number of benzene rings is 1. The average Bonchev–Trinajstić information content (AvgIpc) is 3.24. The van der Waals surface area contributed by atoms with Gasteiger partial charge in [0.25, 0.3) is 0 Å². The van der Waals surface area contributed by atoms with Gasteiger partial charge in [-0.05, 0) is 37.8 Å². The smallest absolute Gasteiger partial charge is 0.242 e. The molecular formula is C16H17FN4O. The Morgan fingerprint density at radius 1 is 1.27 bits per heavy atom. The lowest BCUT2D eigenvalue weighted by Gasteiger charge is -2.09. The lowest BCUT2D eigenvalue weighted by molar-refractivity contribution is -0.121. The van der Waals surface area contributed by atoms with Crippen molar-refractivity contribution in [2.24, 2.45) is 5.92 Å². The molecule has 1 heterocycles. The van der Waals surface area contributed by atoms with Gasteiger partial charge in [-0.15, -0.1) is 0 Å². The van der Waals surface area contributed by atoms with Gasteiger partial charge >= 0.3 is 0 Å². The number of carbonyl (C=O) groups is 1. The highest BCUT2D eigenvalue weighted by Crippen LogP contribution is 2.48. The number of rotatable bonds is 4. The van der Waals surface area contributed by atoms with Gasteiger partial charge in [0.2, 0.25) is 5.91 Å². The van der Waals surface area contributed by atoms with E-state index in [1.807, 2.05) is 6.92 Å². The van der Waals surface area contributed by atoms with Gasteiger partial charge < -0.3 is 0 Å². The molecule has 1 fully saturated rings. The van der Waals surface area contributed by atoms with Gasteiger partial charge in [0.1, 0.15) is 17.5 Å². The number of anilines is 1. The monoisotopic (exact) mass is 300 g/mol. The Kier molecular flexibility index (Phi) is 3.75. The average molecular weight is 300 g/mol. The van der Waals surface area contributed by atoms with Gasteiger partial charge in [-0.2, -0.15) is 0 Å². The predicted octanol–water partition coefficient (Wildman–Crippen LogP) is 2.48. The number of hydrogen-bond donors (Lipinski definition) is 2. The van der Waals surface area contributed by atoms with E-state index >= 15 is 0 Å². The Balaban J connectivity index is 1.59. The molecule has 0 unspecified atom stereocenters. The van der Waals surface area contributed by atoms with E-state index in [4.69, 9.17) is 0 Å². The molecule has 1 aromatic carbocycles. The molecule has 1 aliphatic carbocycles. The minimum absolute atomic E-state index is 0.0446. The number of halogens is 1. The maximum absolute atomic E-state index is 13.7. The number of nitrogens with one attached hydrogen (secondary N) is 2. The third-order valence-corrected chi connectivity index (χ3v) is 3.71. The highest BCUT2D eigenvalue weighted by molar-refractivity contribution is 5.83. The van der Waals surface area contributed by atoms with Crippen LogP contribution >= 0.6 is 0 Å². The van der Waals surface area contributed by atoms with E-state index in [9.17, 15) is 9.18 Å². The Morgan fingerprint density at radius 3 is 2.77 bits per heavy atom. The van der Waals surface area contributed by atoms with Crippen LogP contribution in [0.15, 0.2) is 30.3 Å². The van der Waals surface area contributed by atoms with Crippen molar-refractivity contribution in [1.82, 2.24) is 15.4 Å². The zero-order valence-corrected chi connectivity index (χ0v) is 12.4. The normalized spacial score (nSPS) is 19.6. The molecule has 1 aromatic heterocycles. The van der Waals surface area contributed by atoms with E-state index in [2.05, 4.69) is 20.8 Å². The summed E-state index contributed by atoms with van der Waals surface area (Å²) in [5.74, 6) is 0.527. The van der Waals surface area contributed by atoms with Gasteiger partial charge in [-0.3, -0.25) is 15.6 Å². The number of aromatic nitrogens is 2. The molecule has 0 spiro atoms. The van der Waals surface area contributed by atoms with Crippen LogP contribution in [-0.4, -0.2) is 15.9 Å². The van der Waals surface area contributed by atoms with Crippen LogP contribution in [0.25, 0.3) is 0 Å². The van der Waals surface area contributed by atoms with E-state index in [0.717, 1.165) is 5.69 Å². The summed E-state index contributed by atoms with van der Waals surface area (Å²) in [6.45, 7) is 3.64. The molecule has 0 aliphatic heterocycles. The second kappa shape index (κ2) is 5.71. The Hall–Kier alpha value is -2.50. The third kappa shape index (κ3) is 3.05. The summed E-state index contributed by atoms with van der Waals surface area (Å²) >= 11 is 0. The Bertz CT molecular complexity index is 699. The fraction of sp³-hybridized carbons (Fsp3) is 0.312. The first-order chi connectivity index (χ1) is 10.5. The fourth-order valence-electron chi connectivity index (χ4n) is 2.60. The number of hydrogen-bond acceptors (Lipinski definition) is 4. The van der Waals surface area contributed by atoms with E-state index in [-0.39, 0.29) is 23.6 Å². The molecule has 0 radical (unpaired) electrons. The molecule has 114 valence electrons. The maximum Gasteiger partial charge on any atom is 0.242 e. The number of aryl methyl sites for hydroxylation is 2. The molecule has 1 aliphatic rings. The molecule has 5 nitrogen and oxygen atoms in total. The van der Waals surface area contributed by atoms with Crippen molar-refractivity contribution in [2.45, 2.75) is 26.2 Å². The van der Waals surface area contributed by atoms with Crippen LogP contribution in [0.2, 0.25) is 0 Å². The van der Waals surface area contributed by atoms with Crippen LogP contribution in [0.3, 0.4) is 0 Å². The van der Waals surface area contributed by atoms with E-state index in [1.165, 1.54) is 6.07 Å². The lowest BCUT2D eigenvalue weighted by atomic mass is 10.1. The topological polar surface area (TPSA) is 66.9 Å². The first kappa shape index (κ1) is 14.4. The Morgan fingerprint density at radius 2 is 2.05 bits per heavy atom. The summed E-state index contributed by atoms with van der Waals surface area (Å²) in [6.07, 6.45) is 0.663. The largest absolute Gasteiger partial charge is 0.282 e. The van der Waals surface area contributed by atoms with Crippen molar-refractivity contribution in [1.29, 1.82) is 0 Å². The number of nitrogens with zero attached hydrogens (tertiary/aromatic N) is 2. The highest BCUT2D eigenvalue weighted by atomic mass is 19.1. The zero-order valence-electron chi connectivity index (χ0n) is 12.4. The summed E-state index contributed by atoms with van der Waals surface area (Å²) < 4.78 is 13.7. The number of carbonyl (C=O) groups excluding carboxylic acids is 1. The second-order valence-electron chi connectivity index (χ2n) is 5.53. The van der Waals surface area contributed by atoms with Crippen molar-refractivity contribution < 1.29 is 9.18 Å². The molecule has 2 N–H and O–H groups in total. The molecular weight excluding hydrogens is 283 g/mol. The quantitative estimate of drug-likeness (QED) is 0.851. The predicted molar refractivity (Wildman–Crippen MR) is 80.5 cm³/mol. The van der Waals surface area contributed by atoms with Crippen molar-refractivity contribution in [3.8, 4) is 0 Å². The highest BCUT2D eigenvalue weighted by Gasteiger charge is 2.45. The molecule has 1 saturated carbocycles. The van der Waals surface area contributed by atoms with Gasteiger partial charge in [-0.1, -0.05) is 18.2 Å². The van der Waals surface area contributed by atoms with Crippen LogP contribution in [0.1, 0.15) is 29.4 Å². The van der Waals surface area contributed by atoms with Crippen molar-refractivity contribution >= 4 is 11.7 Å². The Labute approximate surface area is 128 Å². The van der Waals surface area contributed by atoms with Crippen LogP contribution in [-0.2, 0) is 4.79 Å². The van der Waals surface area contributed by atoms with Crippen molar-refractivity contribution in [3.05, 3.63) is 53.2 Å². The molecule has 0 bridgehead atoms. The molecule has 0 saturated heterocycles. The van der Waals surface area contributed by atoms with Gasteiger partial charge in [0.15, 0.2) is 0 Å². The van der Waals surface area contributed by atoms with Gasteiger partial charge in [0.05, 0.1) is 0 Å². The van der Waals surface area contributed by atoms with E-state index < -0.39 is 0 Å². The van der Waals surface area contributed by atoms with Crippen LogP contribution < -0.4 is 10.9 Å². The SMILES string of the molecule is Cc1cc(NNC(=O)[C@@H]2C[C@H]2c2ccccc2F)nc(C)n1. The first-order valence-corrected chi connectivity index (χ1v) is 7.17. The molecule has 6 heteroatoms. The maximum atomic E-state index is 13.7. The van der Waals surface area contributed by atoms with Gasteiger partial charge in [0, 0.05) is 17.7 Å². The van der Waals surface area contributed by atoms with Crippen LogP contribution in [0, 0.1) is 25.6 Å². The van der Waals surface area contributed by atoms with E-state index in [0.29, 0.717) is 23.6 Å². The van der Waals surface area contributed by atoms with Crippen LogP contribution in [0.5, 0.6) is 0 Å². The fourth-order valence-corrected chi connectivity index (χ4v) is 2.60. The summed E-state index contributed by atoms with van der Waals surface area (Å²) in [4.78, 5) is 20.4. The van der Waals surface area contributed by atoms with Crippen LogP contribution in [0.4, 0.5) is 10.2 Å². The lowest BCUT2D eigenvalue weighted by Crippen LogP contribution is -2.31. The molecule has 2 aromatic rings. The van der Waals surface area contributed by atoms with Crippen molar-refractivity contribution in [3.63, 3.8) is 0 Å². The second-order valence-corrected chi connectivity index (χ2v) is 5.53. The summed E-state index contributed by atoms with van der Waals surface area (Å²) in [7, 11) is 0.